The maximum atomic E-state index is 4.74. The smallest absolute Gasteiger partial charge is 0.137 e. The summed E-state index contributed by atoms with van der Waals surface area (Å²) >= 11 is 0. The Hall–Kier alpha value is -1.68. The summed E-state index contributed by atoms with van der Waals surface area (Å²) in [6.07, 6.45) is 5.20. The first kappa shape index (κ1) is 16.2. The number of rotatable bonds is 7. The minimum absolute atomic E-state index is 0.343. The molecule has 4 nitrogen and oxygen atoms in total. The molecule has 1 saturated heterocycles. The summed E-state index contributed by atoms with van der Waals surface area (Å²) in [4.78, 5) is 12.0. The van der Waals surface area contributed by atoms with Crippen LogP contribution in [-0.2, 0) is 0 Å². The Labute approximate surface area is 139 Å². The number of hydrogen-bond acceptors (Lipinski definition) is 4. The Kier molecular flexibility index (Phi) is 5.44. The van der Waals surface area contributed by atoms with Crippen molar-refractivity contribution in [1.82, 2.24) is 14.9 Å². The lowest BCUT2D eigenvalue weighted by Crippen LogP contribution is -2.21. The highest BCUT2D eigenvalue weighted by atomic mass is 15.1. The fraction of sp³-hybridized carbons (Fsp3) is 0.579. The molecule has 0 spiro atoms. The zero-order valence-corrected chi connectivity index (χ0v) is 14.4. The molecule has 0 unspecified atom stereocenters. The highest BCUT2D eigenvalue weighted by Crippen LogP contribution is 2.22. The van der Waals surface area contributed by atoms with Crippen molar-refractivity contribution in [1.29, 1.82) is 0 Å². The van der Waals surface area contributed by atoms with Crippen LogP contribution in [0.4, 0.5) is 5.82 Å². The molecule has 23 heavy (non-hydrogen) atoms. The molecule has 0 atom stereocenters. The highest BCUT2D eigenvalue weighted by molar-refractivity contribution is 5.89. The van der Waals surface area contributed by atoms with E-state index in [0.717, 1.165) is 29.1 Å². The largest absolute Gasteiger partial charge is 0.369 e. The zero-order valence-electron chi connectivity index (χ0n) is 14.4. The van der Waals surface area contributed by atoms with Gasteiger partial charge in [0, 0.05) is 17.8 Å². The van der Waals surface area contributed by atoms with Gasteiger partial charge in [0.15, 0.2) is 0 Å². The van der Waals surface area contributed by atoms with Gasteiger partial charge in [-0.25, -0.2) is 9.97 Å². The molecule has 1 aromatic heterocycles. The van der Waals surface area contributed by atoms with Crippen LogP contribution in [0.1, 0.15) is 51.3 Å². The SMILES string of the molecule is CC(C)c1nc(NCCCCN2CCCC2)c2ccccc2n1. The molecule has 0 bridgehead atoms. The van der Waals surface area contributed by atoms with Crippen LogP contribution in [0, 0.1) is 0 Å². The van der Waals surface area contributed by atoms with Gasteiger partial charge in [0.05, 0.1) is 5.52 Å². The first-order valence-electron chi connectivity index (χ1n) is 8.97. The van der Waals surface area contributed by atoms with Crippen LogP contribution in [0.15, 0.2) is 24.3 Å². The number of nitrogens with one attached hydrogen (secondary N) is 1. The third kappa shape index (κ3) is 4.20. The molecule has 0 radical (unpaired) electrons. The van der Waals surface area contributed by atoms with Gasteiger partial charge in [-0.1, -0.05) is 26.0 Å². The summed E-state index contributed by atoms with van der Waals surface area (Å²) in [7, 11) is 0. The molecule has 1 aromatic carbocycles. The van der Waals surface area contributed by atoms with E-state index in [-0.39, 0.29) is 0 Å². The highest BCUT2D eigenvalue weighted by Gasteiger charge is 2.11. The van der Waals surface area contributed by atoms with Crippen LogP contribution >= 0.6 is 0 Å². The van der Waals surface area contributed by atoms with Gasteiger partial charge in [-0.3, -0.25) is 0 Å². The van der Waals surface area contributed by atoms with E-state index in [1.807, 2.05) is 6.07 Å². The van der Waals surface area contributed by atoms with Gasteiger partial charge in [-0.2, -0.15) is 0 Å². The molecule has 1 aliphatic rings. The molecule has 0 amide bonds. The molecule has 2 aromatic rings. The summed E-state index contributed by atoms with van der Waals surface area (Å²) < 4.78 is 0. The van der Waals surface area contributed by atoms with Crippen molar-refractivity contribution in [2.75, 3.05) is 31.5 Å². The Morgan fingerprint density at radius 3 is 2.65 bits per heavy atom. The topological polar surface area (TPSA) is 41.1 Å². The number of benzene rings is 1. The van der Waals surface area contributed by atoms with E-state index in [4.69, 9.17) is 4.98 Å². The first-order chi connectivity index (χ1) is 11.2. The average molecular weight is 312 g/mol. The monoisotopic (exact) mass is 312 g/mol. The number of anilines is 1. The number of hydrogen-bond donors (Lipinski definition) is 1. The average Bonchev–Trinajstić information content (AvgIpc) is 3.07. The summed E-state index contributed by atoms with van der Waals surface area (Å²) in [6.45, 7) is 9.09. The van der Waals surface area contributed by atoms with Crippen LogP contribution < -0.4 is 5.32 Å². The quantitative estimate of drug-likeness (QED) is 0.783. The van der Waals surface area contributed by atoms with E-state index in [9.17, 15) is 0 Å². The van der Waals surface area contributed by atoms with E-state index < -0.39 is 0 Å². The lowest BCUT2D eigenvalue weighted by Gasteiger charge is -2.15. The second-order valence-electron chi connectivity index (χ2n) is 6.78. The molecule has 2 heterocycles. The standard InChI is InChI=1S/C19H28N4/c1-15(2)18-21-17-10-4-3-9-16(17)19(22-18)20-11-5-6-12-23-13-7-8-14-23/h3-4,9-10,15H,5-8,11-14H2,1-2H3,(H,20,21,22). The minimum Gasteiger partial charge on any atom is -0.369 e. The maximum Gasteiger partial charge on any atom is 0.137 e. The van der Waals surface area contributed by atoms with Gasteiger partial charge in [0.1, 0.15) is 11.6 Å². The summed E-state index contributed by atoms with van der Waals surface area (Å²) in [5, 5.41) is 4.66. The van der Waals surface area contributed by atoms with Crippen LogP contribution in [0.25, 0.3) is 10.9 Å². The van der Waals surface area contributed by atoms with Crippen molar-refractivity contribution in [3.63, 3.8) is 0 Å². The van der Waals surface area contributed by atoms with Crippen molar-refractivity contribution in [2.45, 2.75) is 45.4 Å². The van der Waals surface area contributed by atoms with E-state index in [1.165, 1.54) is 45.3 Å². The fourth-order valence-electron chi connectivity index (χ4n) is 3.16. The van der Waals surface area contributed by atoms with Gasteiger partial charge < -0.3 is 10.2 Å². The van der Waals surface area contributed by atoms with E-state index in [1.54, 1.807) is 0 Å². The maximum absolute atomic E-state index is 4.74. The van der Waals surface area contributed by atoms with Crippen molar-refractivity contribution >= 4 is 16.7 Å². The number of likely N-dealkylation sites (tertiary alicyclic amines) is 1. The van der Waals surface area contributed by atoms with Crippen molar-refractivity contribution < 1.29 is 0 Å². The van der Waals surface area contributed by atoms with Crippen molar-refractivity contribution in [2.24, 2.45) is 0 Å². The van der Waals surface area contributed by atoms with Gasteiger partial charge in [-0.15, -0.1) is 0 Å². The van der Waals surface area contributed by atoms with Gasteiger partial charge in [0.25, 0.3) is 0 Å². The normalized spacial score (nSPS) is 15.6. The second kappa shape index (κ2) is 7.73. The lowest BCUT2D eigenvalue weighted by atomic mass is 10.1. The van der Waals surface area contributed by atoms with Crippen LogP contribution in [0.3, 0.4) is 0 Å². The number of nitrogens with zero attached hydrogens (tertiary/aromatic N) is 3. The van der Waals surface area contributed by atoms with E-state index in [2.05, 4.69) is 47.2 Å². The van der Waals surface area contributed by atoms with Gasteiger partial charge in [0.2, 0.25) is 0 Å². The molecule has 4 heteroatoms. The third-order valence-corrected chi connectivity index (χ3v) is 4.53. The molecule has 0 aliphatic carbocycles. The van der Waals surface area contributed by atoms with E-state index in [0.29, 0.717) is 5.92 Å². The molecule has 3 rings (SSSR count). The third-order valence-electron chi connectivity index (χ3n) is 4.53. The zero-order chi connectivity index (χ0) is 16.1. The molecular formula is C19H28N4. The van der Waals surface area contributed by atoms with Crippen molar-refractivity contribution in [3.05, 3.63) is 30.1 Å². The number of fused-ring (bicyclic) bond motifs is 1. The van der Waals surface area contributed by atoms with Crippen LogP contribution in [0.5, 0.6) is 0 Å². The van der Waals surface area contributed by atoms with Crippen LogP contribution in [0.2, 0.25) is 0 Å². The molecule has 1 N–H and O–H groups in total. The first-order valence-corrected chi connectivity index (χ1v) is 8.97. The predicted molar refractivity (Wildman–Crippen MR) is 97.0 cm³/mol. The molecule has 124 valence electrons. The number of unbranched alkanes of at least 4 members (excludes halogenated alkanes) is 1. The van der Waals surface area contributed by atoms with Crippen LogP contribution in [-0.4, -0.2) is 41.0 Å². The van der Waals surface area contributed by atoms with Gasteiger partial charge >= 0.3 is 0 Å². The summed E-state index contributed by atoms with van der Waals surface area (Å²) in [5.74, 6) is 2.25. The Morgan fingerprint density at radius 1 is 1.09 bits per heavy atom. The summed E-state index contributed by atoms with van der Waals surface area (Å²) in [6, 6.07) is 8.27. The lowest BCUT2D eigenvalue weighted by molar-refractivity contribution is 0.331. The Bertz CT molecular complexity index is 632. The van der Waals surface area contributed by atoms with Crippen molar-refractivity contribution in [3.8, 4) is 0 Å². The minimum atomic E-state index is 0.343. The second-order valence-corrected chi connectivity index (χ2v) is 6.78. The molecular weight excluding hydrogens is 284 g/mol. The molecule has 1 aliphatic heterocycles. The fourth-order valence-corrected chi connectivity index (χ4v) is 3.16. The van der Waals surface area contributed by atoms with E-state index >= 15 is 0 Å². The number of aromatic nitrogens is 2. The number of para-hydroxylation sites is 1. The predicted octanol–water partition coefficient (Wildman–Crippen LogP) is 4.04. The van der Waals surface area contributed by atoms with Gasteiger partial charge in [-0.05, 0) is 57.5 Å². The summed E-state index contributed by atoms with van der Waals surface area (Å²) in [5.41, 5.74) is 1.03. The Morgan fingerprint density at radius 2 is 1.87 bits per heavy atom. The molecule has 1 fully saturated rings. The Balaban J connectivity index is 1.59. The molecule has 0 saturated carbocycles.